The second-order valence-corrected chi connectivity index (χ2v) is 9.25. The minimum atomic E-state index is 0.0336. The molecular weight excluding hydrogens is 448 g/mol. The van der Waals surface area contributed by atoms with Crippen LogP contribution in [0.3, 0.4) is 0 Å². The van der Waals surface area contributed by atoms with Crippen LogP contribution in [-0.4, -0.2) is 68.9 Å². The predicted molar refractivity (Wildman–Crippen MR) is 134 cm³/mol. The van der Waals surface area contributed by atoms with Crippen molar-refractivity contribution < 1.29 is 4.79 Å². The second-order valence-electron chi connectivity index (χ2n) is 8.88. The highest BCUT2D eigenvalue weighted by atomic mass is 35.5. The largest absolute Gasteiger partial charge is 0.341 e. The maximum atomic E-state index is 13.2. The van der Waals surface area contributed by atoms with E-state index in [1.165, 1.54) is 0 Å². The van der Waals surface area contributed by atoms with Gasteiger partial charge in [0.2, 0.25) is 5.91 Å². The van der Waals surface area contributed by atoms with Crippen LogP contribution >= 0.6 is 11.6 Å². The molecule has 0 atom stereocenters. The number of hydrogen-bond donors (Lipinski definition) is 0. The molecule has 0 spiro atoms. The van der Waals surface area contributed by atoms with Crippen LogP contribution in [0.4, 0.5) is 0 Å². The average Bonchev–Trinajstić information content (AvgIpc) is 3.24. The Labute approximate surface area is 204 Å². The number of aromatic nitrogens is 4. The van der Waals surface area contributed by atoms with E-state index in [1.807, 2.05) is 65.6 Å². The van der Waals surface area contributed by atoms with E-state index in [0.717, 1.165) is 37.1 Å². The van der Waals surface area contributed by atoms with Gasteiger partial charge < -0.3 is 9.80 Å². The molecule has 0 N–H and O–H groups in total. The number of hydrogen-bond acceptors (Lipinski definition) is 5. The summed E-state index contributed by atoms with van der Waals surface area (Å²) in [6.07, 6.45) is 1.94. The van der Waals surface area contributed by atoms with Crippen LogP contribution < -0.4 is 0 Å². The second kappa shape index (κ2) is 9.52. The summed E-state index contributed by atoms with van der Waals surface area (Å²) >= 11 is 6.92. The third-order valence-electron chi connectivity index (χ3n) is 6.52. The molecule has 1 saturated heterocycles. The zero-order valence-corrected chi connectivity index (χ0v) is 20.1. The fourth-order valence-electron chi connectivity index (χ4n) is 4.57. The van der Waals surface area contributed by atoms with Crippen LogP contribution in [0.2, 0.25) is 5.02 Å². The van der Waals surface area contributed by atoms with Crippen molar-refractivity contribution in [3.05, 3.63) is 65.7 Å². The fraction of sp³-hybridized carbons (Fsp3) is 0.308. The molecule has 0 unspecified atom stereocenters. The van der Waals surface area contributed by atoms with E-state index in [1.54, 1.807) is 4.68 Å². The van der Waals surface area contributed by atoms with E-state index in [0.29, 0.717) is 33.5 Å². The Balaban J connectivity index is 1.53. The highest BCUT2D eigenvalue weighted by Gasteiger charge is 2.26. The van der Waals surface area contributed by atoms with Gasteiger partial charge in [0.15, 0.2) is 5.65 Å². The first-order valence-electron chi connectivity index (χ1n) is 11.5. The maximum Gasteiger partial charge on any atom is 0.244 e. The number of piperidine rings is 1. The van der Waals surface area contributed by atoms with Gasteiger partial charge in [-0.15, -0.1) is 10.2 Å². The number of nitrogens with zero attached hydrogens (tertiary/aromatic N) is 6. The minimum Gasteiger partial charge on any atom is -0.341 e. The van der Waals surface area contributed by atoms with Crippen molar-refractivity contribution in [2.45, 2.75) is 25.4 Å². The van der Waals surface area contributed by atoms with E-state index < -0.39 is 0 Å². The maximum absolute atomic E-state index is 13.2. The number of carbonyl (C=O) groups excluding carboxylic acids is 1. The van der Waals surface area contributed by atoms with Crippen molar-refractivity contribution in [3.63, 3.8) is 0 Å². The number of rotatable bonds is 5. The summed E-state index contributed by atoms with van der Waals surface area (Å²) in [5.41, 5.74) is 3.61. The number of likely N-dealkylation sites (tertiary alicyclic amines) is 1. The van der Waals surface area contributed by atoms with Crippen molar-refractivity contribution in [1.29, 1.82) is 0 Å². The molecule has 4 aromatic rings. The molecule has 2 aromatic heterocycles. The molecule has 174 valence electrons. The lowest BCUT2D eigenvalue weighted by atomic mass is 10.0. The fourth-order valence-corrected chi connectivity index (χ4v) is 4.89. The van der Waals surface area contributed by atoms with Gasteiger partial charge in [0.05, 0.1) is 10.4 Å². The lowest BCUT2D eigenvalue weighted by molar-refractivity contribution is -0.133. The number of fused-ring (bicyclic) bond motifs is 1. The molecule has 0 radical (unpaired) electrons. The van der Waals surface area contributed by atoms with Crippen molar-refractivity contribution >= 4 is 28.5 Å². The Morgan fingerprint density at radius 1 is 0.941 bits per heavy atom. The van der Waals surface area contributed by atoms with Gasteiger partial charge in [-0.3, -0.25) is 4.79 Å². The van der Waals surface area contributed by atoms with E-state index in [2.05, 4.69) is 29.2 Å². The molecular formula is C26H27ClN6O. The van der Waals surface area contributed by atoms with Gasteiger partial charge in [-0.2, -0.15) is 5.10 Å². The lowest BCUT2D eigenvalue weighted by Gasteiger charge is -2.35. The van der Waals surface area contributed by atoms with Crippen molar-refractivity contribution in [2.75, 3.05) is 27.2 Å². The van der Waals surface area contributed by atoms with Crippen LogP contribution in [0.5, 0.6) is 0 Å². The van der Waals surface area contributed by atoms with Crippen LogP contribution in [0.1, 0.15) is 12.8 Å². The van der Waals surface area contributed by atoms with Crippen LogP contribution in [0, 0.1) is 0 Å². The summed E-state index contributed by atoms with van der Waals surface area (Å²) in [5, 5.41) is 14.9. The summed E-state index contributed by atoms with van der Waals surface area (Å²) in [6.45, 7) is 1.60. The Hall–Kier alpha value is -3.29. The first kappa shape index (κ1) is 22.5. The van der Waals surface area contributed by atoms with Gasteiger partial charge >= 0.3 is 0 Å². The van der Waals surface area contributed by atoms with Gasteiger partial charge in [-0.1, -0.05) is 72.3 Å². The molecule has 3 heterocycles. The molecule has 1 aliphatic heterocycles. The Morgan fingerprint density at radius 2 is 1.53 bits per heavy atom. The van der Waals surface area contributed by atoms with Crippen molar-refractivity contribution in [3.8, 4) is 22.5 Å². The van der Waals surface area contributed by atoms with Crippen LogP contribution in [0.15, 0.2) is 60.7 Å². The normalized spacial score (nSPS) is 14.8. The van der Waals surface area contributed by atoms with Gasteiger partial charge in [-0.25, -0.2) is 4.68 Å². The zero-order valence-electron chi connectivity index (χ0n) is 19.4. The Kier molecular flexibility index (Phi) is 6.30. The molecule has 0 bridgehead atoms. The highest BCUT2D eigenvalue weighted by Crippen LogP contribution is 2.37. The lowest BCUT2D eigenvalue weighted by Crippen LogP contribution is -2.45. The molecule has 8 heteroatoms. The number of carbonyl (C=O) groups is 1. The quantitative estimate of drug-likeness (QED) is 0.429. The third-order valence-corrected chi connectivity index (χ3v) is 6.89. The number of amides is 1. The molecule has 1 amide bonds. The van der Waals surface area contributed by atoms with E-state index in [4.69, 9.17) is 16.7 Å². The van der Waals surface area contributed by atoms with E-state index in [-0.39, 0.29) is 12.5 Å². The molecule has 7 nitrogen and oxygen atoms in total. The standard InChI is InChI=1S/C26H27ClN6O/c1-31(2)20-13-15-32(16-14-20)21(34)17-33-26-22(24(30-33)18-9-5-3-6-10-18)23(27)25(28-29-26)19-11-7-4-8-12-19/h3-12,20H,13-17H2,1-2H3. The monoisotopic (exact) mass is 474 g/mol. The molecule has 2 aromatic carbocycles. The molecule has 0 aliphatic carbocycles. The Bertz CT molecular complexity index is 1300. The van der Waals surface area contributed by atoms with Gasteiger partial charge in [0.1, 0.15) is 17.9 Å². The summed E-state index contributed by atoms with van der Waals surface area (Å²) < 4.78 is 1.64. The molecule has 0 saturated carbocycles. The molecule has 1 fully saturated rings. The van der Waals surface area contributed by atoms with Gasteiger partial charge in [0.25, 0.3) is 0 Å². The highest BCUT2D eigenvalue weighted by molar-refractivity contribution is 6.38. The van der Waals surface area contributed by atoms with Gasteiger partial charge in [0, 0.05) is 30.3 Å². The summed E-state index contributed by atoms with van der Waals surface area (Å²) in [4.78, 5) is 17.3. The smallest absolute Gasteiger partial charge is 0.244 e. The Morgan fingerprint density at radius 3 is 2.12 bits per heavy atom. The first-order valence-corrected chi connectivity index (χ1v) is 11.9. The minimum absolute atomic E-state index is 0.0336. The predicted octanol–water partition coefficient (Wildman–Crippen LogP) is 4.37. The number of benzene rings is 2. The summed E-state index contributed by atoms with van der Waals surface area (Å²) in [6, 6.07) is 20.1. The van der Waals surface area contributed by atoms with Gasteiger partial charge in [-0.05, 0) is 26.9 Å². The third kappa shape index (κ3) is 4.29. The average molecular weight is 475 g/mol. The van der Waals surface area contributed by atoms with Crippen molar-refractivity contribution in [2.24, 2.45) is 0 Å². The topological polar surface area (TPSA) is 67.2 Å². The molecule has 1 aliphatic rings. The number of halogens is 1. The van der Waals surface area contributed by atoms with E-state index >= 15 is 0 Å². The summed E-state index contributed by atoms with van der Waals surface area (Å²) in [7, 11) is 4.19. The first-order chi connectivity index (χ1) is 16.5. The zero-order chi connectivity index (χ0) is 23.7. The molecule has 34 heavy (non-hydrogen) atoms. The molecule has 5 rings (SSSR count). The van der Waals surface area contributed by atoms with Crippen LogP contribution in [0.25, 0.3) is 33.5 Å². The SMILES string of the molecule is CN(C)C1CCN(C(=O)Cn2nc(-c3ccccc3)c3c(Cl)c(-c4ccccc4)nnc32)CC1. The van der Waals surface area contributed by atoms with Crippen molar-refractivity contribution in [1.82, 2.24) is 29.8 Å². The van der Waals surface area contributed by atoms with Crippen LogP contribution in [-0.2, 0) is 11.3 Å². The summed E-state index contributed by atoms with van der Waals surface area (Å²) in [5.74, 6) is 0.0336. The van der Waals surface area contributed by atoms with E-state index in [9.17, 15) is 4.79 Å².